The first-order chi connectivity index (χ1) is 11.0. The van der Waals surface area contributed by atoms with Gasteiger partial charge in [-0.25, -0.2) is 8.78 Å². The predicted octanol–water partition coefficient (Wildman–Crippen LogP) is 6.42. The molecule has 2 aromatic rings. The molecule has 0 radical (unpaired) electrons. The number of rotatable bonds is 2. The molecule has 0 aromatic heterocycles. The quantitative estimate of drug-likeness (QED) is 0.439. The average molecular weight is 354 g/mol. The summed E-state index contributed by atoms with van der Waals surface area (Å²) in [7, 11) is 0. The van der Waals surface area contributed by atoms with E-state index in [2.05, 4.69) is 10.2 Å². The van der Waals surface area contributed by atoms with Crippen LogP contribution in [0.4, 0.5) is 46.5 Å². The number of hydrogen-bond acceptors (Lipinski definition) is 2. The molecule has 0 aliphatic rings. The topological polar surface area (TPSA) is 24.7 Å². The Morgan fingerprint density at radius 2 is 0.917 bits per heavy atom. The van der Waals surface area contributed by atoms with E-state index in [4.69, 9.17) is 0 Å². The van der Waals surface area contributed by atoms with Crippen molar-refractivity contribution in [3.63, 3.8) is 0 Å². The number of hydrogen-bond donors (Lipinski definition) is 0. The average Bonchev–Trinajstić information content (AvgIpc) is 2.45. The van der Waals surface area contributed by atoms with Crippen molar-refractivity contribution in [1.82, 2.24) is 0 Å². The van der Waals surface area contributed by atoms with E-state index in [1.807, 2.05) is 0 Å². The van der Waals surface area contributed by atoms with E-state index < -0.39 is 46.5 Å². The summed E-state index contributed by atoms with van der Waals surface area (Å²) < 4.78 is 103. The molecule has 0 spiro atoms. The van der Waals surface area contributed by atoms with E-state index in [0.29, 0.717) is 24.3 Å². The van der Waals surface area contributed by atoms with E-state index in [1.54, 1.807) is 0 Å². The van der Waals surface area contributed by atoms with Gasteiger partial charge in [0, 0.05) is 0 Å². The highest BCUT2D eigenvalue weighted by atomic mass is 19.4. The highest BCUT2D eigenvalue weighted by molar-refractivity contribution is 5.51. The van der Waals surface area contributed by atoms with Gasteiger partial charge in [0.05, 0.1) is 22.5 Å². The molecule has 0 atom stereocenters. The van der Waals surface area contributed by atoms with Crippen molar-refractivity contribution < 1.29 is 35.1 Å². The zero-order chi connectivity index (χ0) is 18.1. The minimum atomic E-state index is -4.98. The minimum Gasteiger partial charge on any atom is -0.207 e. The fourth-order valence-electron chi connectivity index (χ4n) is 1.75. The van der Waals surface area contributed by atoms with Crippen LogP contribution >= 0.6 is 0 Å². The lowest BCUT2D eigenvalue weighted by Gasteiger charge is -2.10. The highest BCUT2D eigenvalue weighted by Gasteiger charge is 2.35. The molecule has 0 fully saturated rings. The Labute approximate surface area is 129 Å². The fraction of sp³-hybridized carbons (Fsp3) is 0.143. The minimum absolute atomic E-state index is 0.143. The largest absolute Gasteiger partial charge is 0.418 e. The molecule has 2 aromatic carbocycles. The predicted molar refractivity (Wildman–Crippen MR) is 67.0 cm³/mol. The van der Waals surface area contributed by atoms with Gasteiger partial charge in [-0.3, -0.25) is 0 Å². The molecule has 2 rings (SSSR count). The van der Waals surface area contributed by atoms with Crippen LogP contribution in [-0.2, 0) is 12.4 Å². The van der Waals surface area contributed by atoms with Gasteiger partial charge in [-0.15, -0.1) is 10.2 Å². The van der Waals surface area contributed by atoms with E-state index in [-0.39, 0.29) is 12.1 Å². The van der Waals surface area contributed by atoms with Crippen molar-refractivity contribution >= 4 is 11.4 Å². The fourth-order valence-corrected chi connectivity index (χ4v) is 1.75. The first-order valence-electron chi connectivity index (χ1n) is 6.14. The first kappa shape index (κ1) is 17.8. The van der Waals surface area contributed by atoms with Crippen LogP contribution in [0.15, 0.2) is 46.6 Å². The van der Waals surface area contributed by atoms with Crippen LogP contribution in [0.3, 0.4) is 0 Å². The number of benzene rings is 2. The second-order valence-corrected chi connectivity index (χ2v) is 4.52. The molecule has 0 N–H and O–H groups in total. The maximum absolute atomic E-state index is 12.9. The van der Waals surface area contributed by atoms with Crippen molar-refractivity contribution in [3.05, 3.63) is 59.2 Å². The molecule has 0 saturated carbocycles. The SMILES string of the molecule is Fc1ccc(/N=N/c2ccc(F)cc2C(F)(F)F)c(C(F)(F)F)c1. The van der Waals surface area contributed by atoms with Gasteiger partial charge >= 0.3 is 12.4 Å². The van der Waals surface area contributed by atoms with Crippen LogP contribution in [-0.4, -0.2) is 0 Å². The van der Waals surface area contributed by atoms with Gasteiger partial charge in [0.2, 0.25) is 0 Å². The van der Waals surface area contributed by atoms with Crippen LogP contribution in [0.5, 0.6) is 0 Å². The molecule has 128 valence electrons. The van der Waals surface area contributed by atoms with Crippen molar-refractivity contribution in [1.29, 1.82) is 0 Å². The second kappa shape index (κ2) is 6.17. The summed E-state index contributed by atoms with van der Waals surface area (Å²) in [6.07, 6.45) is -9.96. The maximum atomic E-state index is 12.9. The van der Waals surface area contributed by atoms with Crippen molar-refractivity contribution in [3.8, 4) is 0 Å². The molecule has 24 heavy (non-hydrogen) atoms. The molecule has 0 aliphatic carbocycles. The maximum Gasteiger partial charge on any atom is 0.418 e. The van der Waals surface area contributed by atoms with Crippen LogP contribution < -0.4 is 0 Å². The third-order valence-corrected chi connectivity index (χ3v) is 2.79. The Kier molecular flexibility index (Phi) is 4.59. The van der Waals surface area contributed by atoms with Gasteiger partial charge in [-0.05, 0) is 36.4 Å². The number of azo groups is 1. The molecule has 0 bridgehead atoms. The standard InChI is InChI=1S/C14H6F8N2/c15-7-1-3-11(9(5-7)13(17,18)19)23-24-12-4-2-8(16)6-10(12)14(20,21)22/h1-6H/b24-23+. The first-order valence-corrected chi connectivity index (χ1v) is 6.14. The smallest absolute Gasteiger partial charge is 0.207 e. The van der Waals surface area contributed by atoms with E-state index >= 15 is 0 Å². The second-order valence-electron chi connectivity index (χ2n) is 4.52. The molecule has 10 heteroatoms. The summed E-state index contributed by atoms with van der Waals surface area (Å²) in [6.45, 7) is 0. The molecular formula is C14H6F8N2. The summed E-state index contributed by atoms with van der Waals surface area (Å²) >= 11 is 0. The zero-order valence-electron chi connectivity index (χ0n) is 11.4. The van der Waals surface area contributed by atoms with Gasteiger partial charge in [0.15, 0.2) is 0 Å². The lowest BCUT2D eigenvalue weighted by Crippen LogP contribution is -2.06. The third kappa shape index (κ3) is 4.06. The summed E-state index contributed by atoms with van der Waals surface area (Å²) in [5, 5.41) is 6.21. The Hall–Kier alpha value is -2.52. The number of alkyl halides is 6. The van der Waals surface area contributed by atoms with Gasteiger partial charge in [0.25, 0.3) is 0 Å². The summed E-state index contributed by atoms with van der Waals surface area (Å²) in [5.74, 6) is -2.39. The summed E-state index contributed by atoms with van der Waals surface area (Å²) in [5.41, 5.74) is -4.74. The Morgan fingerprint density at radius 3 is 1.21 bits per heavy atom. The van der Waals surface area contributed by atoms with Gasteiger partial charge in [0.1, 0.15) is 11.6 Å². The summed E-state index contributed by atoms with van der Waals surface area (Å²) in [6, 6.07) is 2.84. The number of halogens is 8. The van der Waals surface area contributed by atoms with E-state index in [0.717, 1.165) is 0 Å². The molecule has 0 aliphatic heterocycles. The van der Waals surface area contributed by atoms with Crippen molar-refractivity contribution in [2.45, 2.75) is 12.4 Å². The van der Waals surface area contributed by atoms with Crippen molar-refractivity contribution in [2.75, 3.05) is 0 Å². The Balaban J connectivity index is 2.50. The zero-order valence-corrected chi connectivity index (χ0v) is 11.4. The molecular weight excluding hydrogens is 348 g/mol. The van der Waals surface area contributed by atoms with Crippen LogP contribution in [0.2, 0.25) is 0 Å². The van der Waals surface area contributed by atoms with Crippen LogP contribution in [0.1, 0.15) is 11.1 Å². The Bertz CT molecular complexity index is 712. The van der Waals surface area contributed by atoms with Gasteiger partial charge in [-0.2, -0.15) is 26.3 Å². The molecule has 0 amide bonds. The normalized spacial score (nSPS) is 12.8. The van der Waals surface area contributed by atoms with Crippen molar-refractivity contribution in [2.24, 2.45) is 10.2 Å². The lowest BCUT2D eigenvalue weighted by molar-refractivity contribution is -0.138. The third-order valence-electron chi connectivity index (χ3n) is 2.79. The van der Waals surface area contributed by atoms with E-state index in [1.165, 1.54) is 0 Å². The molecule has 2 nitrogen and oxygen atoms in total. The molecule has 0 heterocycles. The summed E-state index contributed by atoms with van der Waals surface area (Å²) in [4.78, 5) is 0. The lowest BCUT2D eigenvalue weighted by atomic mass is 10.1. The Morgan fingerprint density at radius 1 is 0.583 bits per heavy atom. The van der Waals surface area contributed by atoms with Crippen LogP contribution in [0, 0.1) is 11.6 Å². The molecule has 0 unspecified atom stereocenters. The van der Waals surface area contributed by atoms with Crippen LogP contribution in [0.25, 0.3) is 0 Å². The number of nitrogens with zero attached hydrogens (tertiary/aromatic N) is 2. The van der Waals surface area contributed by atoms with Gasteiger partial charge in [-0.1, -0.05) is 0 Å². The van der Waals surface area contributed by atoms with E-state index in [9.17, 15) is 35.1 Å². The monoisotopic (exact) mass is 354 g/mol. The van der Waals surface area contributed by atoms with Gasteiger partial charge < -0.3 is 0 Å². The highest BCUT2D eigenvalue weighted by Crippen LogP contribution is 2.40. The molecule has 0 saturated heterocycles.